The van der Waals surface area contributed by atoms with Crippen LogP contribution in [0.2, 0.25) is 0 Å². The summed E-state index contributed by atoms with van der Waals surface area (Å²) >= 11 is 3.73. The van der Waals surface area contributed by atoms with Gasteiger partial charge >= 0.3 is 0 Å². The maximum absolute atomic E-state index is 3.90. The third-order valence-electron chi connectivity index (χ3n) is 4.34. The molecule has 1 heterocycles. The topological polar surface area (TPSA) is 15.3 Å². The van der Waals surface area contributed by atoms with Crippen molar-refractivity contribution in [3.63, 3.8) is 0 Å². The molecule has 1 aliphatic carbocycles. The highest BCUT2D eigenvalue weighted by Gasteiger charge is 2.27. The van der Waals surface area contributed by atoms with E-state index in [1.54, 1.807) is 0 Å². The summed E-state index contributed by atoms with van der Waals surface area (Å²) in [6, 6.07) is 0.766. The Bertz CT molecular complexity index is 241. The summed E-state index contributed by atoms with van der Waals surface area (Å²) in [5.74, 6) is 0. The molecule has 1 saturated heterocycles. The first-order valence-corrected chi connectivity index (χ1v) is 8.61. The van der Waals surface area contributed by atoms with E-state index in [2.05, 4.69) is 40.0 Å². The van der Waals surface area contributed by atoms with Crippen LogP contribution < -0.4 is 5.32 Å². The summed E-state index contributed by atoms with van der Waals surface area (Å²) in [7, 11) is 0. The zero-order valence-electron chi connectivity index (χ0n) is 12.1. The van der Waals surface area contributed by atoms with Crippen molar-refractivity contribution >= 4 is 15.9 Å². The van der Waals surface area contributed by atoms with Crippen LogP contribution in [0.3, 0.4) is 0 Å². The molecule has 2 fully saturated rings. The van der Waals surface area contributed by atoms with E-state index in [4.69, 9.17) is 0 Å². The lowest BCUT2D eigenvalue weighted by Crippen LogP contribution is -2.54. The highest BCUT2D eigenvalue weighted by Crippen LogP contribution is 2.22. The van der Waals surface area contributed by atoms with E-state index in [1.165, 1.54) is 64.6 Å². The minimum Gasteiger partial charge on any atom is -0.308 e. The van der Waals surface area contributed by atoms with Crippen LogP contribution in [0.25, 0.3) is 0 Å². The quantitative estimate of drug-likeness (QED) is 0.798. The van der Waals surface area contributed by atoms with Crippen LogP contribution >= 0.6 is 15.9 Å². The molecule has 18 heavy (non-hydrogen) atoms. The number of nitrogens with zero attached hydrogens (tertiary/aromatic N) is 1. The number of nitrogens with one attached hydrogen (secondary N) is 1. The number of likely N-dealkylation sites (tertiary alicyclic amines) is 1. The van der Waals surface area contributed by atoms with Gasteiger partial charge in [0, 0.05) is 23.0 Å². The summed E-state index contributed by atoms with van der Waals surface area (Å²) in [4.78, 5) is 3.39. The highest BCUT2D eigenvalue weighted by molar-refractivity contribution is 9.09. The smallest absolute Gasteiger partial charge is 0.0254 e. The molecule has 0 aromatic heterocycles. The number of rotatable bonds is 4. The van der Waals surface area contributed by atoms with Gasteiger partial charge < -0.3 is 10.2 Å². The van der Waals surface area contributed by atoms with Gasteiger partial charge in [-0.25, -0.2) is 0 Å². The summed E-state index contributed by atoms with van der Waals surface area (Å²) in [5.41, 5.74) is 0.265. The molecule has 0 atom stereocenters. The molecule has 2 nitrogen and oxygen atoms in total. The van der Waals surface area contributed by atoms with Crippen LogP contribution in [0.15, 0.2) is 0 Å². The van der Waals surface area contributed by atoms with Crippen molar-refractivity contribution < 1.29 is 0 Å². The number of alkyl halides is 1. The van der Waals surface area contributed by atoms with Gasteiger partial charge in [-0.3, -0.25) is 0 Å². The van der Waals surface area contributed by atoms with Crippen LogP contribution in [-0.2, 0) is 0 Å². The fourth-order valence-corrected chi connectivity index (χ4v) is 3.87. The molecular weight excluding hydrogens is 288 g/mol. The third-order valence-corrected chi connectivity index (χ3v) is 5.25. The molecule has 3 heteroatoms. The van der Waals surface area contributed by atoms with Crippen molar-refractivity contribution in [2.75, 3.05) is 19.6 Å². The lowest BCUT2D eigenvalue weighted by atomic mass is 9.92. The third kappa shape index (κ3) is 4.82. The van der Waals surface area contributed by atoms with Crippen LogP contribution in [0.1, 0.15) is 58.8 Å². The Hall–Kier alpha value is 0.400. The van der Waals surface area contributed by atoms with Gasteiger partial charge in [0.15, 0.2) is 0 Å². The van der Waals surface area contributed by atoms with Crippen molar-refractivity contribution in [2.24, 2.45) is 0 Å². The van der Waals surface area contributed by atoms with Gasteiger partial charge in [0.1, 0.15) is 0 Å². The number of hydrogen-bond donors (Lipinski definition) is 1. The Morgan fingerprint density at radius 3 is 2.28 bits per heavy atom. The second-order valence-electron chi connectivity index (χ2n) is 6.81. The van der Waals surface area contributed by atoms with Gasteiger partial charge in [0.25, 0.3) is 0 Å². The molecule has 0 unspecified atom stereocenters. The summed E-state index contributed by atoms with van der Waals surface area (Å²) in [6.07, 6.45) is 9.65. The molecule has 0 amide bonds. The van der Waals surface area contributed by atoms with Crippen molar-refractivity contribution in [1.29, 1.82) is 0 Å². The van der Waals surface area contributed by atoms with Gasteiger partial charge in [0.2, 0.25) is 0 Å². The van der Waals surface area contributed by atoms with E-state index in [0.29, 0.717) is 0 Å². The van der Waals surface area contributed by atoms with Crippen molar-refractivity contribution in [3.8, 4) is 0 Å². The lowest BCUT2D eigenvalue weighted by molar-refractivity contribution is 0.159. The number of halogens is 1. The van der Waals surface area contributed by atoms with Crippen LogP contribution in [-0.4, -0.2) is 40.9 Å². The second-order valence-corrected chi connectivity index (χ2v) is 8.11. The standard InChI is InChI=1S/C15H29BrN2/c1-15(2,17-14-6-4-3-5-7-14)12-18-10-8-13(16)9-11-18/h13-14,17H,3-12H2,1-2H3. The first-order valence-electron chi connectivity index (χ1n) is 7.69. The molecule has 0 bridgehead atoms. The van der Waals surface area contributed by atoms with Gasteiger partial charge in [0.05, 0.1) is 0 Å². The maximum Gasteiger partial charge on any atom is 0.0254 e. The molecular formula is C15H29BrN2. The van der Waals surface area contributed by atoms with E-state index >= 15 is 0 Å². The van der Waals surface area contributed by atoms with Crippen LogP contribution in [0, 0.1) is 0 Å². The molecule has 1 N–H and O–H groups in total. The average molecular weight is 317 g/mol. The predicted octanol–water partition coefficient (Wildman–Crippen LogP) is 3.55. The maximum atomic E-state index is 3.90. The molecule has 0 aromatic rings. The largest absolute Gasteiger partial charge is 0.308 e. The van der Waals surface area contributed by atoms with E-state index in [0.717, 1.165) is 10.9 Å². The van der Waals surface area contributed by atoms with Crippen molar-refractivity contribution in [2.45, 2.75) is 75.2 Å². The fraction of sp³-hybridized carbons (Fsp3) is 1.00. The van der Waals surface area contributed by atoms with E-state index < -0.39 is 0 Å². The van der Waals surface area contributed by atoms with Gasteiger partial charge in [-0.05, 0) is 52.6 Å². The number of hydrogen-bond acceptors (Lipinski definition) is 2. The fourth-order valence-electron chi connectivity index (χ4n) is 3.46. The van der Waals surface area contributed by atoms with E-state index in [1.807, 2.05) is 0 Å². The highest BCUT2D eigenvalue weighted by atomic mass is 79.9. The molecule has 2 rings (SSSR count). The van der Waals surface area contributed by atoms with Crippen LogP contribution in [0.4, 0.5) is 0 Å². The summed E-state index contributed by atoms with van der Waals surface area (Å²) < 4.78 is 0. The Morgan fingerprint density at radius 1 is 1.06 bits per heavy atom. The van der Waals surface area contributed by atoms with Crippen molar-refractivity contribution in [1.82, 2.24) is 10.2 Å². The van der Waals surface area contributed by atoms with Crippen LogP contribution in [0.5, 0.6) is 0 Å². The van der Waals surface area contributed by atoms with E-state index in [-0.39, 0.29) is 5.54 Å². The molecule has 0 spiro atoms. The van der Waals surface area contributed by atoms with Gasteiger partial charge in [-0.1, -0.05) is 35.2 Å². The van der Waals surface area contributed by atoms with Crippen molar-refractivity contribution in [3.05, 3.63) is 0 Å². The minimum atomic E-state index is 0.265. The Kier molecular flexibility index (Phi) is 5.52. The molecule has 1 saturated carbocycles. The molecule has 106 valence electrons. The predicted molar refractivity (Wildman–Crippen MR) is 82.5 cm³/mol. The normalized spacial score (nSPS) is 25.5. The zero-order chi connectivity index (χ0) is 13.0. The van der Waals surface area contributed by atoms with E-state index in [9.17, 15) is 0 Å². The zero-order valence-corrected chi connectivity index (χ0v) is 13.6. The molecule has 0 aromatic carbocycles. The monoisotopic (exact) mass is 316 g/mol. The SMILES string of the molecule is CC(C)(CN1CCC(Br)CC1)NC1CCCCC1. The minimum absolute atomic E-state index is 0.265. The van der Waals surface area contributed by atoms with Gasteiger partial charge in [-0.2, -0.15) is 0 Å². The lowest BCUT2D eigenvalue weighted by Gasteiger charge is -2.39. The Balaban J connectivity index is 1.75. The number of piperidine rings is 1. The first kappa shape index (κ1) is 14.8. The summed E-state index contributed by atoms with van der Waals surface area (Å²) in [6.45, 7) is 8.46. The van der Waals surface area contributed by atoms with Gasteiger partial charge in [-0.15, -0.1) is 0 Å². The average Bonchev–Trinajstić information content (AvgIpc) is 2.32. The molecule has 0 radical (unpaired) electrons. The second kappa shape index (κ2) is 6.71. The Morgan fingerprint density at radius 2 is 1.67 bits per heavy atom. The summed E-state index contributed by atoms with van der Waals surface area (Å²) in [5, 5.41) is 3.90. The Labute approximate surface area is 121 Å². The molecule has 1 aliphatic heterocycles. The molecule has 2 aliphatic rings. The first-order chi connectivity index (χ1) is 8.55.